The van der Waals surface area contributed by atoms with E-state index in [0.717, 1.165) is 51.4 Å². The summed E-state index contributed by atoms with van der Waals surface area (Å²) >= 11 is 0. The molecule has 4 unspecified atom stereocenters. The van der Waals surface area contributed by atoms with Gasteiger partial charge in [0.25, 0.3) is 5.91 Å². The number of amides is 4. The Morgan fingerprint density at radius 2 is 1.74 bits per heavy atom. The van der Waals surface area contributed by atoms with E-state index in [0.29, 0.717) is 25.3 Å². The average Bonchev–Trinajstić information content (AvgIpc) is 3.30. The minimum absolute atomic E-state index is 0.0311. The second-order valence-electron chi connectivity index (χ2n) is 13.5. The van der Waals surface area contributed by atoms with Gasteiger partial charge in [0.1, 0.15) is 18.2 Å². The summed E-state index contributed by atoms with van der Waals surface area (Å²) in [7, 11) is 0. The van der Waals surface area contributed by atoms with Gasteiger partial charge in [-0.05, 0) is 67.6 Å². The summed E-state index contributed by atoms with van der Waals surface area (Å²) in [5.41, 5.74) is -0.129. The Bertz CT molecular complexity index is 1050. The lowest BCUT2D eigenvalue weighted by Crippen LogP contribution is -2.59. The topological polar surface area (TPSA) is 134 Å². The van der Waals surface area contributed by atoms with Gasteiger partial charge in [0.2, 0.25) is 17.6 Å². The van der Waals surface area contributed by atoms with Crippen LogP contribution in [-0.4, -0.2) is 71.8 Å². The second kappa shape index (κ2) is 13.6. The van der Waals surface area contributed by atoms with Gasteiger partial charge in [-0.25, -0.2) is 4.79 Å². The van der Waals surface area contributed by atoms with E-state index in [2.05, 4.69) is 43.3 Å². The van der Waals surface area contributed by atoms with Crippen molar-refractivity contribution in [3.8, 4) is 0 Å². The van der Waals surface area contributed by atoms with Crippen molar-refractivity contribution >= 4 is 29.6 Å². The van der Waals surface area contributed by atoms with Gasteiger partial charge in [-0.3, -0.25) is 19.2 Å². The van der Waals surface area contributed by atoms with Crippen molar-refractivity contribution in [1.82, 2.24) is 20.9 Å². The van der Waals surface area contributed by atoms with Crippen molar-refractivity contribution in [2.75, 3.05) is 13.1 Å². The van der Waals surface area contributed by atoms with Crippen LogP contribution in [0.25, 0.3) is 0 Å². The first-order chi connectivity index (χ1) is 20.0. The van der Waals surface area contributed by atoms with Gasteiger partial charge in [0, 0.05) is 13.1 Å². The van der Waals surface area contributed by atoms with E-state index in [9.17, 15) is 24.0 Å². The highest BCUT2D eigenvalue weighted by atomic mass is 16.6. The zero-order valence-corrected chi connectivity index (χ0v) is 25.8. The van der Waals surface area contributed by atoms with E-state index in [1.54, 1.807) is 4.90 Å². The van der Waals surface area contributed by atoms with E-state index >= 15 is 0 Å². The summed E-state index contributed by atoms with van der Waals surface area (Å²) in [6.07, 6.45) is 9.25. The predicted octanol–water partition coefficient (Wildman–Crippen LogP) is 3.49. The van der Waals surface area contributed by atoms with Gasteiger partial charge in [-0.1, -0.05) is 59.5 Å². The largest absolute Gasteiger partial charge is 0.446 e. The van der Waals surface area contributed by atoms with Crippen LogP contribution in [0, 0.1) is 29.1 Å². The molecule has 42 heavy (non-hydrogen) atoms. The zero-order valence-electron chi connectivity index (χ0n) is 25.8. The lowest BCUT2D eigenvalue weighted by Gasteiger charge is -2.37. The van der Waals surface area contributed by atoms with E-state index < -0.39 is 41.8 Å². The highest BCUT2D eigenvalue weighted by Gasteiger charge is 2.69. The molecule has 4 fully saturated rings. The number of alkyl carbamates (subject to hydrolysis) is 1. The fraction of sp³-hybridized carbons (Fsp3) is 0.781. The standard InChI is InChI=1S/C32H50N4O6/c1-6-12-22(27(37)29(39)33-17-7-2)34-28(38)26-24-21(32(24,4)5)18-36(26)30(40)25(20-14-9-8-10-15-20)35-31(41)42-23-16-11-13-19(23)3/h7,19-26H,2,6,8-18H2,1,3-5H3,(H,33,39)(H,34,38)(H,35,41)/t19?,21-,22?,23?,24-,25?,26+/m1/s1. The van der Waals surface area contributed by atoms with Crippen LogP contribution in [0.5, 0.6) is 0 Å². The maximum Gasteiger partial charge on any atom is 0.408 e. The van der Waals surface area contributed by atoms with Gasteiger partial charge in [-0.15, -0.1) is 6.58 Å². The fourth-order valence-corrected chi connectivity index (χ4v) is 7.65. The highest BCUT2D eigenvalue weighted by Crippen LogP contribution is 2.65. The maximum atomic E-state index is 14.3. The first kappa shape index (κ1) is 32.0. The summed E-state index contributed by atoms with van der Waals surface area (Å²) in [6, 6.07) is -2.54. The Balaban J connectivity index is 1.52. The molecule has 4 aliphatic rings. The number of hydrogen-bond acceptors (Lipinski definition) is 6. The van der Waals surface area contributed by atoms with Gasteiger partial charge in [-0.2, -0.15) is 0 Å². The molecule has 1 saturated heterocycles. The second-order valence-corrected chi connectivity index (χ2v) is 13.5. The summed E-state index contributed by atoms with van der Waals surface area (Å²) < 4.78 is 5.77. The molecule has 10 nitrogen and oxygen atoms in total. The fourth-order valence-electron chi connectivity index (χ4n) is 7.65. The van der Waals surface area contributed by atoms with Gasteiger partial charge >= 0.3 is 6.09 Å². The Morgan fingerprint density at radius 3 is 2.36 bits per heavy atom. The van der Waals surface area contributed by atoms with E-state index in [-0.39, 0.29) is 41.7 Å². The smallest absolute Gasteiger partial charge is 0.408 e. The average molecular weight is 587 g/mol. The first-order valence-corrected chi connectivity index (χ1v) is 16.0. The molecule has 4 amide bonds. The molecular formula is C32H50N4O6. The molecule has 3 N–H and O–H groups in total. The molecule has 0 spiro atoms. The summed E-state index contributed by atoms with van der Waals surface area (Å²) in [5.74, 6) is -1.82. The number of nitrogens with zero attached hydrogens (tertiary/aromatic N) is 1. The molecule has 0 aromatic carbocycles. The van der Waals surface area contributed by atoms with Crippen molar-refractivity contribution in [3.63, 3.8) is 0 Å². The lowest BCUT2D eigenvalue weighted by molar-refractivity contribution is -0.145. The number of ketones is 1. The van der Waals surface area contributed by atoms with E-state index in [1.807, 2.05) is 6.92 Å². The number of rotatable bonds is 12. The van der Waals surface area contributed by atoms with Crippen molar-refractivity contribution in [3.05, 3.63) is 12.7 Å². The number of piperidine rings is 1. The molecule has 234 valence electrons. The lowest BCUT2D eigenvalue weighted by atomic mass is 9.83. The quantitative estimate of drug-likeness (QED) is 0.237. The monoisotopic (exact) mass is 586 g/mol. The number of Topliss-reactive ketones (excluding diaryl/α,β-unsaturated/α-hetero) is 1. The Labute approximate surface area is 250 Å². The molecule has 3 aliphatic carbocycles. The Kier molecular flexibility index (Phi) is 10.4. The number of nitrogens with one attached hydrogen (secondary N) is 3. The number of carbonyl (C=O) groups is 5. The molecule has 0 radical (unpaired) electrons. The van der Waals surface area contributed by atoms with Crippen LogP contribution < -0.4 is 16.0 Å². The molecule has 10 heteroatoms. The van der Waals surface area contributed by atoms with Crippen LogP contribution in [0.1, 0.15) is 91.9 Å². The SMILES string of the molecule is C=CCNC(=O)C(=O)C(CCC)NC(=O)[C@@H]1[C@H]2[C@@H](CN1C(=O)C(NC(=O)OC1CCCC1C)C1CCCCC1)C2(C)C. The predicted molar refractivity (Wildman–Crippen MR) is 158 cm³/mol. The third kappa shape index (κ3) is 6.83. The van der Waals surface area contributed by atoms with E-state index in [1.165, 1.54) is 6.08 Å². The molecular weight excluding hydrogens is 536 g/mol. The van der Waals surface area contributed by atoms with Crippen molar-refractivity contribution in [1.29, 1.82) is 0 Å². The summed E-state index contributed by atoms with van der Waals surface area (Å²) in [6.45, 7) is 12.3. The van der Waals surface area contributed by atoms with Crippen LogP contribution in [0.2, 0.25) is 0 Å². The Hall–Kier alpha value is -2.91. The molecule has 0 aromatic rings. The third-order valence-corrected chi connectivity index (χ3v) is 10.3. The van der Waals surface area contributed by atoms with Gasteiger partial charge < -0.3 is 25.6 Å². The van der Waals surface area contributed by atoms with Gasteiger partial charge in [0.15, 0.2) is 0 Å². The van der Waals surface area contributed by atoms with Crippen LogP contribution in [-0.2, 0) is 23.9 Å². The van der Waals surface area contributed by atoms with Crippen LogP contribution in [0.3, 0.4) is 0 Å². The summed E-state index contributed by atoms with van der Waals surface area (Å²) in [4.78, 5) is 68.2. The van der Waals surface area contributed by atoms with E-state index in [4.69, 9.17) is 4.74 Å². The number of ether oxygens (including phenoxy) is 1. The number of carbonyl (C=O) groups excluding carboxylic acids is 5. The zero-order chi connectivity index (χ0) is 30.6. The third-order valence-electron chi connectivity index (χ3n) is 10.3. The maximum absolute atomic E-state index is 14.3. The minimum atomic E-state index is -0.985. The van der Waals surface area contributed by atoms with Crippen LogP contribution >= 0.6 is 0 Å². The van der Waals surface area contributed by atoms with Crippen molar-refractivity contribution in [2.45, 2.75) is 116 Å². The van der Waals surface area contributed by atoms with Gasteiger partial charge in [0.05, 0.1) is 6.04 Å². The molecule has 1 heterocycles. The Morgan fingerprint density at radius 1 is 1.02 bits per heavy atom. The molecule has 0 aromatic heterocycles. The molecule has 1 aliphatic heterocycles. The highest BCUT2D eigenvalue weighted by molar-refractivity contribution is 6.38. The van der Waals surface area contributed by atoms with Crippen LogP contribution in [0.15, 0.2) is 12.7 Å². The molecule has 0 bridgehead atoms. The molecule has 7 atom stereocenters. The van der Waals surface area contributed by atoms with Crippen LogP contribution in [0.4, 0.5) is 4.79 Å². The number of hydrogen-bond donors (Lipinski definition) is 3. The van der Waals surface area contributed by atoms with Crippen molar-refractivity contribution < 1.29 is 28.7 Å². The normalized spacial score (nSPS) is 29.5. The number of likely N-dealkylation sites (tertiary alicyclic amines) is 1. The van der Waals surface area contributed by atoms with Crippen molar-refractivity contribution in [2.24, 2.45) is 29.1 Å². The number of fused-ring (bicyclic) bond motifs is 1. The molecule has 4 rings (SSSR count). The minimum Gasteiger partial charge on any atom is -0.446 e. The summed E-state index contributed by atoms with van der Waals surface area (Å²) in [5, 5.41) is 8.26. The molecule has 3 saturated carbocycles. The first-order valence-electron chi connectivity index (χ1n) is 16.0.